The molecular weight excluding hydrogens is 212 g/mol. The van der Waals surface area contributed by atoms with Crippen molar-refractivity contribution < 1.29 is 4.79 Å². The number of piperidine rings is 1. The van der Waals surface area contributed by atoms with Crippen LogP contribution < -0.4 is 5.32 Å². The maximum absolute atomic E-state index is 11.4. The van der Waals surface area contributed by atoms with Gasteiger partial charge < -0.3 is 10.2 Å². The van der Waals surface area contributed by atoms with Crippen LogP contribution in [0.5, 0.6) is 0 Å². The molecule has 1 rings (SSSR count). The van der Waals surface area contributed by atoms with E-state index in [2.05, 4.69) is 31.0 Å². The maximum Gasteiger partial charge on any atom is 0.220 e. The van der Waals surface area contributed by atoms with E-state index in [9.17, 15) is 4.79 Å². The third-order valence-electron chi connectivity index (χ3n) is 3.48. The number of amides is 1. The molecule has 1 atom stereocenters. The Morgan fingerprint density at radius 2 is 2.18 bits per heavy atom. The molecule has 1 unspecified atom stereocenters. The van der Waals surface area contributed by atoms with Crippen molar-refractivity contribution in [3.63, 3.8) is 0 Å². The Bertz CT molecular complexity index is 228. The highest BCUT2D eigenvalue weighted by molar-refractivity contribution is 5.75. The average Bonchev–Trinajstić information content (AvgIpc) is 2.25. The summed E-state index contributed by atoms with van der Waals surface area (Å²) in [7, 11) is 0. The lowest BCUT2D eigenvalue weighted by molar-refractivity contribution is -0.121. The van der Waals surface area contributed by atoms with Crippen molar-refractivity contribution in [3.8, 4) is 0 Å². The van der Waals surface area contributed by atoms with E-state index in [1.165, 1.54) is 25.8 Å². The Morgan fingerprint density at radius 3 is 2.82 bits per heavy atom. The summed E-state index contributed by atoms with van der Waals surface area (Å²) in [5.41, 5.74) is 0. The quantitative estimate of drug-likeness (QED) is 0.723. The number of nitrogens with zero attached hydrogens (tertiary/aromatic N) is 1. The van der Waals surface area contributed by atoms with E-state index in [0.29, 0.717) is 12.3 Å². The fourth-order valence-corrected chi connectivity index (χ4v) is 2.44. The number of carbonyl (C=O) groups is 1. The highest BCUT2D eigenvalue weighted by Crippen LogP contribution is 2.15. The molecule has 1 amide bonds. The molecule has 0 saturated carbocycles. The second kappa shape index (κ2) is 7.70. The second-order valence-corrected chi connectivity index (χ2v) is 5.68. The number of rotatable bonds is 6. The van der Waals surface area contributed by atoms with Crippen LogP contribution in [0.3, 0.4) is 0 Å². The summed E-state index contributed by atoms with van der Waals surface area (Å²) in [6.45, 7) is 9.67. The Hall–Kier alpha value is -0.570. The Labute approximate surface area is 106 Å². The molecule has 3 nitrogen and oxygen atoms in total. The first-order chi connectivity index (χ1) is 8.09. The molecule has 1 aliphatic heterocycles. The lowest BCUT2D eigenvalue weighted by atomic mass is 10.0. The van der Waals surface area contributed by atoms with Crippen LogP contribution in [0.15, 0.2) is 0 Å². The molecule has 1 heterocycles. The maximum atomic E-state index is 11.4. The van der Waals surface area contributed by atoms with Gasteiger partial charge in [0.25, 0.3) is 0 Å². The summed E-state index contributed by atoms with van der Waals surface area (Å²) < 4.78 is 0. The third-order valence-corrected chi connectivity index (χ3v) is 3.48. The van der Waals surface area contributed by atoms with Crippen LogP contribution in [0.4, 0.5) is 0 Å². The van der Waals surface area contributed by atoms with Crippen molar-refractivity contribution in [1.82, 2.24) is 10.2 Å². The van der Waals surface area contributed by atoms with Gasteiger partial charge in [0.1, 0.15) is 0 Å². The summed E-state index contributed by atoms with van der Waals surface area (Å²) >= 11 is 0. The van der Waals surface area contributed by atoms with Crippen molar-refractivity contribution in [2.24, 2.45) is 5.92 Å². The molecule has 0 aliphatic carbocycles. The van der Waals surface area contributed by atoms with Gasteiger partial charge in [-0.05, 0) is 38.6 Å². The minimum Gasteiger partial charge on any atom is -0.356 e. The van der Waals surface area contributed by atoms with Gasteiger partial charge in [0.2, 0.25) is 5.91 Å². The van der Waals surface area contributed by atoms with Gasteiger partial charge >= 0.3 is 0 Å². The van der Waals surface area contributed by atoms with Gasteiger partial charge in [-0.3, -0.25) is 4.79 Å². The van der Waals surface area contributed by atoms with E-state index < -0.39 is 0 Å². The molecular formula is C14H28N2O. The molecule has 0 aromatic carbocycles. The predicted molar refractivity (Wildman–Crippen MR) is 72.0 cm³/mol. The van der Waals surface area contributed by atoms with E-state index in [4.69, 9.17) is 0 Å². The summed E-state index contributed by atoms with van der Waals surface area (Å²) in [4.78, 5) is 14.0. The van der Waals surface area contributed by atoms with Gasteiger partial charge in [-0.2, -0.15) is 0 Å². The van der Waals surface area contributed by atoms with Crippen LogP contribution >= 0.6 is 0 Å². The van der Waals surface area contributed by atoms with Gasteiger partial charge in [0, 0.05) is 25.6 Å². The van der Waals surface area contributed by atoms with E-state index in [0.717, 1.165) is 25.6 Å². The van der Waals surface area contributed by atoms with Crippen molar-refractivity contribution in [1.29, 1.82) is 0 Å². The number of nitrogens with one attached hydrogen (secondary N) is 1. The molecule has 0 radical (unpaired) electrons. The van der Waals surface area contributed by atoms with Crippen molar-refractivity contribution in [2.45, 2.75) is 58.9 Å². The highest BCUT2D eigenvalue weighted by atomic mass is 16.1. The molecule has 0 spiro atoms. The molecule has 0 aromatic rings. The van der Waals surface area contributed by atoms with Crippen LogP contribution in [0.2, 0.25) is 0 Å². The van der Waals surface area contributed by atoms with E-state index in [-0.39, 0.29) is 5.91 Å². The zero-order valence-corrected chi connectivity index (χ0v) is 11.7. The Balaban J connectivity index is 2.05. The lowest BCUT2D eigenvalue weighted by Gasteiger charge is -2.33. The zero-order valence-electron chi connectivity index (χ0n) is 11.7. The molecule has 1 N–H and O–H groups in total. The van der Waals surface area contributed by atoms with E-state index in [1.54, 1.807) is 0 Å². The third kappa shape index (κ3) is 6.06. The van der Waals surface area contributed by atoms with Crippen molar-refractivity contribution in [2.75, 3.05) is 19.6 Å². The Morgan fingerprint density at radius 1 is 1.41 bits per heavy atom. The zero-order chi connectivity index (χ0) is 12.7. The number of likely N-dealkylation sites (tertiary alicyclic amines) is 1. The van der Waals surface area contributed by atoms with Crippen LogP contribution in [0.1, 0.15) is 52.9 Å². The van der Waals surface area contributed by atoms with Gasteiger partial charge in [-0.25, -0.2) is 0 Å². The van der Waals surface area contributed by atoms with Crippen molar-refractivity contribution in [3.05, 3.63) is 0 Å². The summed E-state index contributed by atoms with van der Waals surface area (Å²) in [6, 6.07) is 0.732. The molecule has 1 fully saturated rings. The fraction of sp³-hybridized carbons (Fsp3) is 0.929. The number of hydrogen-bond donors (Lipinski definition) is 1. The molecule has 0 aromatic heterocycles. The monoisotopic (exact) mass is 240 g/mol. The van der Waals surface area contributed by atoms with Gasteiger partial charge in [-0.15, -0.1) is 0 Å². The SMILES string of the molecule is CC(C)CC(=O)NCCCN1CCCCC1C. The lowest BCUT2D eigenvalue weighted by Crippen LogP contribution is -2.39. The average molecular weight is 240 g/mol. The first-order valence-corrected chi connectivity index (χ1v) is 7.10. The molecule has 1 aliphatic rings. The summed E-state index contributed by atoms with van der Waals surface area (Å²) in [6.07, 6.45) is 5.78. The summed E-state index contributed by atoms with van der Waals surface area (Å²) in [5.74, 6) is 0.656. The summed E-state index contributed by atoms with van der Waals surface area (Å²) in [5, 5.41) is 3.00. The smallest absolute Gasteiger partial charge is 0.220 e. The van der Waals surface area contributed by atoms with Crippen LogP contribution in [-0.2, 0) is 4.79 Å². The molecule has 3 heteroatoms. The largest absolute Gasteiger partial charge is 0.356 e. The second-order valence-electron chi connectivity index (χ2n) is 5.68. The number of carbonyl (C=O) groups excluding carboxylic acids is 1. The number of hydrogen-bond acceptors (Lipinski definition) is 2. The van der Waals surface area contributed by atoms with Crippen LogP contribution in [-0.4, -0.2) is 36.5 Å². The minimum absolute atomic E-state index is 0.201. The van der Waals surface area contributed by atoms with Crippen LogP contribution in [0, 0.1) is 5.92 Å². The molecule has 17 heavy (non-hydrogen) atoms. The van der Waals surface area contributed by atoms with Gasteiger partial charge in [0.15, 0.2) is 0 Å². The van der Waals surface area contributed by atoms with E-state index in [1.807, 2.05) is 0 Å². The topological polar surface area (TPSA) is 32.3 Å². The molecule has 100 valence electrons. The first-order valence-electron chi connectivity index (χ1n) is 7.10. The predicted octanol–water partition coefficient (Wildman–Crippen LogP) is 2.41. The normalized spacial score (nSPS) is 21.8. The van der Waals surface area contributed by atoms with Gasteiger partial charge in [-0.1, -0.05) is 20.3 Å². The standard InChI is InChI=1S/C14H28N2O/c1-12(2)11-14(17)15-8-6-10-16-9-5-4-7-13(16)3/h12-13H,4-11H2,1-3H3,(H,15,17). The van der Waals surface area contributed by atoms with E-state index >= 15 is 0 Å². The van der Waals surface area contributed by atoms with Gasteiger partial charge in [0.05, 0.1) is 0 Å². The Kier molecular flexibility index (Phi) is 6.56. The fourth-order valence-electron chi connectivity index (χ4n) is 2.44. The molecule has 1 saturated heterocycles. The first kappa shape index (κ1) is 14.5. The highest BCUT2D eigenvalue weighted by Gasteiger charge is 2.17. The molecule has 0 bridgehead atoms. The minimum atomic E-state index is 0.201. The van der Waals surface area contributed by atoms with Crippen LogP contribution in [0.25, 0.3) is 0 Å². The van der Waals surface area contributed by atoms with Crippen molar-refractivity contribution >= 4 is 5.91 Å².